The molecule has 6 heteroatoms. The fourth-order valence-corrected chi connectivity index (χ4v) is 3.91. The van der Waals surface area contributed by atoms with Gasteiger partial charge in [0, 0.05) is 19.6 Å². The minimum absolute atomic E-state index is 0.561. The molecule has 0 radical (unpaired) electrons. The van der Waals surface area contributed by atoms with Gasteiger partial charge in [-0.1, -0.05) is 36.8 Å². The second-order valence-electron chi connectivity index (χ2n) is 7.84. The monoisotopic (exact) mass is 424 g/mol. The van der Waals surface area contributed by atoms with Crippen molar-refractivity contribution in [2.45, 2.75) is 45.8 Å². The van der Waals surface area contributed by atoms with Crippen LogP contribution in [-0.4, -0.2) is 44.7 Å². The molecule has 1 aliphatic rings. The summed E-state index contributed by atoms with van der Waals surface area (Å²) in [5.74, 6) is 2.26. The lowest BCUT2D eigenvalue weighted by molar-refractivity contribution is 0.220. The number of nitrogens with one attached hydrogen (secondary N) is 2. The van der Waals surface area contributed by atoms with Crippen LogP contribution < -0.4 is 20.1 Å². The quantitative estimate of drug-likeness (QED) is 0.472. The Kier molecular flexibility index (Phi) is 9.03. The van der Waals surface area contributed by atoms with Crippen LogP contribution >= 0.6 is 0 Å². The molecule has 0 unspecified atom stereocenters. The molecule has 1 aliphatic heterocycles. The van der Waals surface area contributed by atoms with Crippen LogP contribution in [0.5, 0.6) is 11.5 Å². The molecule has 0 aromatic heterocycles. The number of ether oxygens (including phenoxy) is 2. The third kappa shape index (κ3) is 6.89. The van der Waals surface area contributed by atoms with Crippen molar-refractivity contribution < 1.29 is 9.47 Å². The van der Waals surface area contributed by atoms with Crippen molar-refractivity contribution in [1.82, 2.24) is 15.5 Å². The van der Waals surface area contributed by atoms with Gasteiger partial charge in [0.25, 0.3) is 0 Å². The Labute approximate surface area is 186 Å². The molecule has 2 aromatic rings. The van der Waals surface area contributed by atoms with Gasteiger partial charge in [-0.3, -0.25) is 4.90 Å². The largest absolute Gasteiger partial charge is 0.493 e. The normalized spacial score (nSPS) is 14.9. The third-order valence-electron chi connectivity index (χ3n) is 5.62. The predicted octanol–water partition coefficient (Wildman–Crippen LogP) is 3.95. The summed E-state index contributed by atoms with van der Waals surface area (Å²) >= 11 is 0. The van der Waals surface area contributed by atoms with Crippen molar-refractivity contribution >= 4 is 5.96 Å². The molecule has 0 spiro atoms. The first-order valence-corrected chi connectivity index (χ1v) is 11.3. The molecule has 6 nitrogen and oxygen atoms in total. The van der Waals surface area contributed by atoms with Crippen LogP contribution in [0.15, 0.2) is 47.5 Å². The van der Waals surface area contributed by atoms with E-state index in [-0.39, 0.29) is 0 Å². The molecule has 2 aromatic carbocycles. The summed E-state index contributed by atoms with van der Waals surface area (Å²) < 4.78 is 10.7. The van der Waals surface area contributed by atoms with Gasteiger partial charge in [0.05, 0.1) is 20.8 Å². The fraction of sp³-hybridized carbons (Fsp3) is 0.480. The van der Waals surface area contributed by atoms with Crippen molar-refractivity contribution in [3.63, 3.8) is 0 Å². The molecule has 1 heterocycles. The number of piperidine rings is 1. The number of hydrogen-bond donors (Lipinski definition) is 2. The van der Waals surface area contributed by atoms with Gasteiger partial charge in [0.2, 0.25) is 0 Å². The molecule has 1 saturated heterocycles. The highest BCUT2D eigenvalue weighted by Gasteiger charge is 2.12. The van der Waals surface area contributed by atoms with Gasteiger partial charge in [0.1, 0.15) is 0 Å². The second kappa shape index (κ2) is 12.2. The topological polar surface area (TPSA) is 58.1 Å². The van der Waals surface area contributed by atoms with E-state index < -0.39 is 0 Å². The van der Waals surface area contributed by atoms with E-state index >= 15 is 0 Å². The summed E-state index contributed by atoms with van der Waals surface area (Å²) in [6.07, 6.45) is 3.99. The van der Waals surface area contributed by atoms with E-state index in [9.17, 15) is 0 Å². The van der Waals surface area contributed by atoms with E-state index in [1.165, 1.54) is 43.5 Å². The molecule has 2 N–H and O–H groups in total. The smallest absolute Gasteiger partial charge is 0.191 e. The van der Waals surface area contributed by atoms with Crippen LogP contribution in [0.4, 0.5) is 0 Å². The van der Waals surface area contributed by atoms with Gasteiger partial charge in [-0.15, -0.1) is 0 Å². The highest BCUT2D eigenvalue weighted by atomic mass is 16.5. The zero-order chi connectivity index (χ0) is 21.9. The minimum Gasteiger partial charge on any atom is -0.493 e. The fourth-order valence-electron chi connectivity index (χ4n) is 3.91. The molecule has 0 amide bonds. The summed E-state index contributed by atoms with van der Waals surface area (Å²) in [4.78, 5) is 7.33. The highest BCUT2D eigenvalue weighted by molar-refractivity contribution is 5.79. The number of hydrogen-bond acceptors (Lipinski definition) is 4. The lowest BCUT2D eigenvalue weighted by Crippen LogP contribution is -2.37. The predicted molar refractivity (Wildman–Crippen MR) is 127 cm³/mol. The first-order valence-electron chi connectivity index (χ1n) is 11.3. The number of rotatable bonds is 9. The van der Waals surface area contributed by atoms with E-state index in [0.717, 1.165) is 42.7 Å². The number of aliphatic imine (C=N–C) groups is 1. The molecule has 0 saturated carbocycles. The highest BCUT2D eigenvalue weighted by Crippen LogP contribution is 2.27. The van der Waals surface area contributed by atoms with Crippen LogP contribution in [0.3, 0.4) is 0 Å². The zero-order valence-electron chi connectivity index (χ0n) is 19.1. The van der Waals surface area contributed by atoms with Crippen molar-refractivity contribution in [3.8, 4) is 11.5 Å². The molecule has 0 aliphatic carbocycles. The average Bonchev–Trinajstić information content (AvgIpc) is 2.82. The standard InChI is InChI=1S/C25H36N4O2/c1-4-26-25(27-17-20-12-13-23(30-2)24(16-20)31-3)28-18-21-10-6-7-11-22(21)19-29-14-8-5-9-15-29/h6-7,10-13,16H,4-5,8-9,14-15,17-19H2,1-3H3,(H2,26,27,28). The number of benzene rings is 2. The van der Waals surface area contributed by atoms with E-state index in [1.807, 2.05) is 18.2 Å². The van der Waals surface area contributed by atoms with E-state index in [0.29, 0.717) is 6.54 Å². The number of likely N-dealkylation sites (tertiary alicyclic amines) is 1. The Bertz CT molecular complexity index is 847. The lowest BCUT2D eigenvalue weighted by atomic mass is 10.0. The van der Waals surface area contributed by atoms with Gasteiger partial charge in [0.15, 0.2) is 17.5 Å². The molecule has 31 heavy (non-hydrogen) atoms. The van der Waals surface area contributed by atoms with Crippen molar-refractivity contribution in [1.29, 1.82) is 0 Å². The molecule has 0 bridgehead atoms. The van der Waals surface area contributed by atoms with Crippen LogP contribution in [0.2, 0.25) is 0 Å². The van der Waals surface area contributed by atoms with Crippen LogP contribution in [0.1, 0.15) is 42.9 Å². The number of methoxy groups -OCH3 is 2. The van der Waals surface area contributed by atoms with Crippen LogP contribution in [-0.2, 0) is 19.6 Å². The van der Waals surface area contributed by atoms with Crippen molar-refractivity contribution in [3.05, 3.63) is 59.2 Å². The van der Waals surface area contributed by atoms with Gasteiger partial charge >= 0.3 is 0 Å². The maximum atomic E-state index is 5.40. The summed E-state index contributed by atoms with van der Waals surface area (Å²) in [6, 6.07) is 14.6. The van der Waals surface area contributed by atoms with Crippen LogP contribution in [0, 0.1) is 0 Å². The van der Waals surface area contributed by atoms with Gasteiger partial charge in [-0.05, 0) is 61.7 Å². The number of nitrogens with zero attached hydrogens (tertiary/aromatic N) is 2. The Hall–Kier alpha value is -2.73. The maximum Gasteiger partial charge on any atom is 0.191 e. The van der Waals surface area contributed by atoms with Gasteiger partial charge in [-0.2, -0.15) is 0 Å². The average molecular weight is 425 g/mol. The molecule has 0 atom stereocenters. The van der Waals surface area contributed by atoms with E-state index in [2.05, 4.69) is 46.7 Å². The molecule has 3 rings (SSSR count). The van der Waals surface area contributed by atoms with Crippen molar-refractivity contribution in [2.24, 2.45) is 4.99 Å². The summed E-state index contributed by atoms with van der Waals surface area (Å²) in [5.41, 5.74) is 3.79. The number of guanidine groups is 1. The Morgan fingerprint density at radius 3 is 2.39 bits per heavy atom. The zero-order valence-corrected chi connectivity index (χ0v) is 19.1. The van der Waals surface area contributed by atoms with Crippen LogP contribution in [0.25, 0.3) is 0 Å². The first kappa shape index (κ1) is 22.9. The van der Waals surface area contributed by atoms with Gasteiger partial charge < -0.3 is 20.1 Å². The molecular formula is C25H36N4O2. The van der Waals surface area contributed by atoms with E-state index in [4.69, 9.17) is 14.5 Å². The molecular weight excluding hydrogens is 388 g/mol. The molecule has 168 valence electrons. The Morgan fingerprint density at radius 2 is 1.68 bits per heavy atom. The summed E-state index contributed by atoms with van der Waals surface area (Å²) in [6.45, 7) is 7.64. The third-order valence-corrected chi connectivity index (χ3v) is 5.62. The minimum atomic E-state index is 0.561. The van der Waals surface area contributed by atoms with Crippen molar-refractivity contribution in [2.75, 3.05) is 33.9 Å². The Balaban J connectivity index is 1.64. The first-order chi connectivity index (χ1) is 15.2. The summed E-state index contributed by atoms with van der Waals surface area (Å²) in [5, 5.41) is 6.85. The SMILES string of the molecule is CCNC(=NCc1ccc(OC)c(OC)c1)NCc1ccccc1CN1CCCCC1. The van der Waals surface area contributed by atoms with Gasteiger partial charge in [-0.25, -0.2) is 4.99 Å². The summed E-state index contributed by atoms with van der Waals surface area (Å²) in [7, 11) is 3.30. The maximum absolute atomic E-state index is 5.40. The molecule has 1 fully saturated rings. The second-order valence-corrected chi connectivity index (χ2v) is 7.84. The lowest BCUT2D eigenvalue weighted by Gasteiger charge is -2.27. The Morgan fingerprint density at radius 1 is 0.935 bits per heavy atom. The van der Waals surface area contributed by atoms with E-state index in [1.54, 1.807) is 14.2 Å².